The highest BCUT2D eigenvalue weighted by Gasteiger charge is 2.19. The van der Waals surface area contributed by atoms with Crippen LogP contribution in [0, 0.1) is 5.92 Å². The number of hydrogen-bond donors (Lipinski definition) is 1. The van der Waals surface area contributed by atoms with E-state index in [9.17, 15) is 0 Å². The van der Waals surface area contributed by atoms with Crippen molar-refractivity contribution in [3.8, 4) is 0 Å². The van der Waals surface area contributed by atoms with Gasteiger partial charge in [-0.25, -0.2) is 9.67 Å². The second-order valence-electron chi connectivity index (χ2n) is 5.61. The minimum Gasteiger partial charge on any atom is -0.315 e. The normalized spacial score (nSPS) is 22.3. The van der Waals surface area contributed by atoms with Gasteiger partial charge in [-0.1, -0.05) is 13.8 Å². The molecule has 0 saturated carbocycles. The van der Waals surface area contributed by atoms with Crippen LogP contribution in [0.2, 0.25) is 0 Å². The molecule has 5 nitrogen and oxygen atoms in total. The van der Waals surface area contributed by atoms with E-state index in [2.05, 4.69) is 45.8 Å². The zero-order chi connectivity index (χ0) is 13.0. The molecule has 1 fully saturated rings. The summed E-state index contributed by atoms with van der Waals surface area (Å²) in [5.74, 6) is 1.70. The number of nitrogens with one attached hydrogen (secondary N) is 1. The van der Waals surface area contributed by atoms with Gasteiger partial charge in [-0.15, -0.1) is 0 Å². The number of nitrogens with zero attached hydrogens (tertiary/aromatic N) is 4. The van der Waals surface area contributed by atoms with Crippen LogP contribution < -0.4 is 5.32 Å². The molecule has 0 aromatic carbocycles. The molecule has 2 rings (SSSR count). The molecule has 102 valence electrons. The van der Waals surface area contributed by atoms with Crippen LogP contribution in [-0.4, -0.2) is 45.3 Å². The summed E-state index contributed by atoms with van der Waals surface area (Å²) >= 11 is 0. The average molecular weight is 251 g/mol. The van der Waals surface area contributed by atoms with Crippen molar-refractivity contribution in [2.45, 2.75) is 46.3 Å². The summed E-state index contributed by atoms with van der Waals surface area (Å²) in [7, 11) is 0. The topological polar surface area (TPSA) is 46.0 Å². The van der Waals surface area contributed by atoms with E-state index in [-0.39, 0.29) is 0 Å². The molecule has 1 saturated heterocycles. The minimum absolute atomic E-state index is 0.605. The van der Waals surface area contributed by atoms with Crippen LogP contribution in [-0.2, 0) is 13.1 Å². The first kappa shape index (κ1) is 13.5. The van der Waals surface area contributed by atoms with Crippen LogP contribution in [0.3, 0.4) is 0 Å². The van der Waals surface area contributed by atoms with Crippen molar-refractivity contribution in [1.82, 2.24) is 25.0 Å². The van der Waals surface area contributed by atoms with Crippen LogP contribution in [0.15, 0.2) is 6.33 Å². The SMILES string of the molecule is CC(C)Cn1ncnc1CN1CCNCCC1C. The van der Waals surface area contributed by atoms with E-state index in [1.165, 1.54) is 6.42 Å². The lowest BCUT2D eigenvalue weighted by atomic mass is 10.2. The Balaban J connectivity index is 2.01. The highest BCUT2D eigenvalue weighted by atomic mass is 15.4. The van der Waals surface area contributed by atoms with Crippen molar-refractivity contribution < 1.29 is 0 Å². The van der Waals surface area contributed by atoms with Gasteiger partial charge in [-0.3, -0.25) is 4.90 Å². The average Bonchev–Trinajstić information content (AvgIpc) is 2.62. The summed E-state index contributed by atoms with van der Waals surface area (Å²) in [6.07, 6.45) is 2.89. The van der Waals surface area contributed by atoms with Gasteiger partial charge in [-0.2, -0.15) is 5.10 Å². The molecule has 1 unspecified atom stereocenters. The third-order valence-corrected chi connectivity index (χ3v) is 3.52. The predicted molar refractivity (Wildman–Crippen MR) is 72.2 cm³/mol. The van der Waals surface area contributed by atoms with E-state index in [1.807, 2.05) is 0 Å². The quantitative estimate of drug-likeness (QED) is 0.871. The number of aromatic nitrogens is 3. The smallest absolute Gasteiger partial charge is 0.141 e. The zero-order valence-electron chi connectivity index (χ0n) is 11.8. The van der Waals surface area contributed by atoms with Crippen molar-refractivity contribution in [3.63, 3.8) is 0 Å². The van der Waals surface area contributed by atoms with Crippen LogP contribution in [0.1, 0.15) is 33.0 Å². The molecule has 1 atom stereocenters. The van der Waals surface area contributed by atoms with E-state index < -0.39 is 0 Å². The van der Waals surface area contributed by atoms with Crippen molar-refractivity contribution in [2.75, 3.05) is 19.6 Å². The van der Waals surface area contributed by atoms with E-state index in [0.717, 1.165) is 38.5 Å². The monoisotopic (exact) mass is 251 g/mol. The lowest BCUT2D eigenvalue weighted by Gasteiger charge is -2.26. The molecule has 5 heteroatoms. The molecule has 1 aromatic heterocycles. The first-order valence-corrected chi connectivity index (χ1v) is 6.98. The highest BCUT2D eigenvalue weighted by molar-refractivity contribution is 4.87. The molecule has 1 aliphatic rings. The van der Waals surface area contributed by atoms with Crippen LogP contribution in [0.25, 0.3) is 0 Å². The maximum atomic E-state index is 4.42. The maximum Gasteiger partial charge on any atom is 0.141 e. The second kappa shape index (κ2) is 6.29. The summed E-state index contributed by atoms with van der Waals surface area (Å²) in [5.41, 5.74) is 0. The van der Waals surface area contributed by atoms with Gasteiger partial charge < -0.3 is 5.32 Å². The van der Waals surface area contributed by atoms with Gasteiger partial charge in [-0.05, 0) is 25.8 Å². The summed E-state index contributed by atoms with van der Waals surface area (Å²) in [4.78, 5) is 6.92. The van der Waals surface area contributed by atoms with Gasteiger partial charge in [0, 0.05) is 25.7 Å². The van der Waals surface area contributed by atoms with Crippen LogP contribution in [0.4, 0.5) is 0 Å². The van der Waals surface area contributed by atoms with E-state index in [1.54, 1.807) is 6.33 Å². The third kappa shape index (κ3) is 3.53. The fourth-order valence-corrected chi connectivity index (χ4v) is 2.39. The van der Waals surface area contributed by atoms with Crippen molar-refractivity contribution >= 4 is 0 Å². The van der Waals surface area contributed by atoms with Gasteiger partial charge in [0.1, 0.15) is 12.2 Å². The van der Waals surface area contributed by atoms with Crippen molar-refractivity contribution in [3.05, 3.63) is 12.2 Å². The van der Waals surface area contributed by atoms with E-state index in [0.29, 0.717) is 12.0 Å². The molecule has 0 radical (unpaired) electrons. The predicted octanol–water partition coefficient (Wildman–Crippen LogP) is 1.12. The summed E-state index contributed by atoms with van der Waals surface area (Å²) in [6, 6.07) is 0.615. The molecule has 2 heterocycles. The zero-order valence-corrected chi connectivity index (χ0v) is 11.8. The molecular weight excluding hydrogens is 226 g/mol. The van der Waals surface area contributed by atoms with Crippen molar-refractivity contribution in [1.29, 1.82) is 0 Å². The molecule has 1 aliphatic heterocycles. The largest absolute Gasteiger partial charge is 0.315 e. The Morgan fingerprint density at radius 2 is 2.28 bits per heavy atom. The molecule has 0 amide bonds. The standard InChI is InChI=1S/C13H25N5/c1-11(2)8-18-13(15-10-16-18)9-17-7-6-14-5-4-12(17)3/h10-12,14H,4-9H2,1-3H3. The lowest BCUT2D eigenvalue weighted by molar-refractivity contribution is 0.201. The lowest BCUT2D eigenvalue weighted by Crippen LogP contribution is -2.35. The minimum atomic E-state index is 0.605. The van der Waals surface area contributed by atoms with Gasteiger partial charge >= 0.3 is 0 Å². The molecule has 0 aliphatic carbocycles. The molecule has 0 spiro atoms. The molecular formula is C13H25N5. The number of hydrogen-bond acceptors (Lipinski definition) is 4. The summed E-state index contributed by atoms with van der Waals surface area (Å²) in [5, 5.41) is 7.78. The first-order chi connectivity index (χ1) is 8.66. The number of rotatable bonds is 4. The van der Waals surface area contributed by atoms with Gasteiger partial charge in [0.05, 0.1) is 6.54 Å². The van der Waals surface area contributed by atoms with E-state index in [4.69, 9.17) is 0 Å². The molecule has 0 bridgehead atoms. The Morgan fingerprint density at radius 1 is 1.44 bits per heavy atom. The second-order valence-corrected chi connectivity index (χ2v) is 5.61. The first-order valence-electron chi connectivity index (χ1n) is 6.98. The Hall–Kier alpha value is -0.940. The molecule has 1 N–H and O–H groups in total. The van der Waals surface area contributed by atoms with Crippen LogP contribution >= 0.6 is 0 Å². The highest BCUT2D eigenvalue weighted by Crippen LogP contribution is 2.11. The van der Waals surface area contributed by atoms with Crippen molar-refractivity contribution in [2.24, 2.45) is 5.92 Å². The Morgan fingerprint density at radius 3 is 3.06 bits per heavy atom. The van der Waals surface area contributed by atoms with E-state index >= 15 is 0 Å². The molecule has 1 aromatic rings. The van der Waals surface area contributed by atoms with Gasteiger partial charge in [0.2, 0.25) is 0 Å². The fourth-order valence-electron chi connectivity index (χ4n) is 2.39. The van der Waals surface area contributed by atoms with Crippen LogP contribution in [0.5, 0.6) is 0 Å². The maximum absolute atomic E-state index is 4.42. The fraction of sp³-hybridized carbons (Fsp3) is 0.846. The Labute approximate surface area is 110 Å². The summed E-state index contributed by atoms with van der Waals surface area (Å²) in [6.45, 7) is 11.9. The third-order valence-electron chi connectivity index (χ3n) is 3.52. The molecule has 18 heavy (non-hydrogen) atoms. The van der Waals surface area contributed by atoms with Gasteiger partial charge in [0.25, 0.3) is 0 Å². The van der Waals surface area contributed by atoms with Gasteiger partial charge in [0.15, 0.2) is 0 Å². The Bertz CT molecular complexity index is 360. The Kier molecular flexibility index (Phi) is 4.72. The summed E-state index contributed by atoms with van der Waals surface area (Å²) < 4.78 is 2.05.